The van der Waals surface area contributed by atoms with Gasteiger partial charge >= 0.3 is 5.63 Å². The summed E-state index contributed by atoms with van der Waals surface area (Å²) in [7, 11) is 0. The van der Waals surface area contributed by atoms with Gasteiger partial charge in [-0.15, -0.1) is 0 Å². The molecule has 0 unspecified atom stereocenters. The summed E-state index contributed by atoms with van der Waals surface area (Å²) in [6.45, 7) is 1.53. The number of carbonyl (C=O) groups excluding carboxylic acids is 1. The standard InChI is InChI=1S/C22H19NO7/c24-21(16-10-15-3-1-2-4-17(15)30-22(16)25)23(12-20-26-7-8-27-20)11-14-5-6-18-19(9-14)29-13-28-18/h1-6,9-10,20H,7-8,11-13H2. The quantitative estimate of drug-likeness (QED) is 0.599. The highest BCUT2D eigenvalue weighted by Gasteiger charge is 2.27. The highest BCUT2D eigenvalue weighted by Crippen LogP contribution is 2.33. The Hall–Kier alpha value is -3.36. The van der Waals surface area contributed by atoms with Crippen molar-refractivity contribution in [1.82, 2.24) is 4.90 Å². The van der Waals surface area contributed by atoms with Gasteiger partial charge in [0.1, 0.15) is 11.1 Å². The van der Waals surface area contributed by atoms with Crippen molar-refractivity contribution in [2.24, 2.45) is 0 Å². The molecule has 1 fully saturated rings. The topological polar surface area (TPSA) is 87.4 Å². The number of nitrogens with zero attached hydrogens (tertiary/aromatic N) is 1. The van der Waals surface area contributed by atoms with Gasteiger partial charge in [0.05, 0.1) is 19.8 Å². The van der Waals surface area contributed by atoms with Crippen molar-refractivity contribution in [3.8, 4) is 11.5 Å². The zero-order valence-corrected chi connectivity index (χ0v) is 16.0. The number of amides is 1. The van der Waals surface area contributed by atoms with Gasteiger partial charge in [0.2, 0.25) is 6.79 Å². The zero-order chi connectivity index (χ0) is 20.5. The Balaban J connectivity index is 1.47. The average molecular weight is 409 g/mol. The van der Waals surface area contributed by atoms with Crippen LogP contribution in [-0.2, 0) is 16.0 Å². The van der Waals surface area contributed by atoms with E-state index in [-0.39, 0.29) is 25.4 Å². The molecule has 0 spiro atoms. The van der Waals surface area contributed by atoms with Crippen LogP contribution < -0.4 is 15.1 Å². The molecule has 8 nitrogen and oxygen atoms in total. The molecule has 0 aliphatic carbocycles. The molecule has 1 saturated heterocycles. The molecule has 3 aromatic rings. The minimum Gasteiger partial charge on any atom is -0.454 e. The SMILES string of the molecule is O=C(c1cc2ccccc2oc1=O)N(Cc1ccc2c(c1)OCO2)CC1OCCO1. The molecule has 0 saturated carbocycles. The molecular formula is C22H19NO7. The minimum atomic E-state index is -0.678. The number of carbonyl (C=O) groups is 1. The smallest absolute Gasteiger partial charge is 0.349 e. The molecule has 154 valence electrons. The molecule has 2 aliphatic rings. The van der Waals surface area contributed by atoms with Crippen LogP contribution in [-0.4, -0.2) is 43.6 Å². The van der Waals surface area contributed by atoms with Gasteiger partial charge in [-0.3, -0.25) is 4.79 Å². The zero-order valence-electron chi connectivity index (χ0n) is 16.0. The van der Waals surface area contributed by atoms with Crippen molar-refractivity contribution in [3.05, 3.63) is 70.1 Å². The summed E-state index contributed by atoms with van der Waals surface area (Å²) in [5.41, 5.74) is 0.551. The van der Waals surface area contributed by atoms with E-state index in [9.17, 15) is 9.59 Å². The number of ether oxygens (including phenoxy) is 4. The van der Waals surface area contributed by atoms with Gasteiger partial charge in [0, 0.05) is 11.9 Å². The summed E-state index contributed by atoms with van der Waals surface area (Å²) >= 11 is 0. The number of para-hydroxylation sites is 1. The highest BCUT2D eigenvalue weighted by molar-refractivity contribution is 5.96. The van der Waals surface area contributed by atoms with E-state index in [0.717, 1.165) is 5.56 Å². The Morgan fingerprint density at radius 1 is 1.00 bits per heavy atom. The second kappa shape index (κ2) is 7.81. The van der Waals surface area contributed by atoms with E-state index in [0.29, 0.717) is 35.7 Å². The molecular weight excluding hydrogens is 390 g/mol. The number of hydrogen-bond donors (Lipinski definition) is 0. The molecule has 5 rings (SSSR count). The summed E-state index contributed by atoms with van der Waals surface area (Å²) in [6.07, 6.45) is -0.546. The van der Waals surface area contributed by atoms with Crippen LogP contribution in [0, 0.1) is 0 Å². The predicted octanol–water partition coefficient (Wildman–Crippen LogP) is 2.54. The first kappa shape index (κ1) is 18.7. The fourth-order valence-corrected chi connectivity index (χ4v) is 3.55. The first-order chi connectivity index (χ1) is 14.7. The Morgan fingerprint density at radius 2 is 1.80 bits per heavy atom. The molecule has 3 heterocycles. The largest absolute Gasteiger partial charge is 0.454 e. The van der Waals surface area contributed by atoms with Gasteiger partial charge in [0.25, 0.3) is 5.91 Å². The summed E-state index contributed by atoms with van der Waals surface area (Å²) < 4.78 is 27.2. The monoisotopic (exact) mass is 409 g/mol. The van der Waals surface area contributed by atoms with Crippen LogP contribution in [0.1, 0.15) is 15.9 Å². The maximum absolute atomic E-state index is 13.3. The molecule has 8 heteroatoms. The number of hydrogen-bond acceptors (Lipinski definition) is 7. The Morgan fingerprint density at radius 3 is 2.67 bits per heavy atom. The lowest BCUT2D eigenvalue weighted by atomic mass is 10.1. The first-order valence-corrected chi connectivity index (χ1v) is 9.61. The molecule has 0 radical (unpaired) electrons. The van der Waals surface area contributed by atoms with Crippen LogP contribution >= 0.6 is 0 Å². The van der Waals surface area contributed by atoms with E-state index < -0.39 is 17.8 Å². The summed E-state index contributed by atoms with van der Waals surface area (Å²) in [5.74, 6) is 0.832. The minimum absolute atomic E-state index is 0.0348. The van der Waals surface area contributed by atoms with Crippen LogP contribution in [0.15, 0.2) is 57.7 Å². The normalized spacial score (nSPS) is 15.6. The van der Waals surface area contributed by atoms with Crippen molar-refractivity contribution in [1.29, 1.82) is 0 Å². The maximum atomic E-state index is 13.3. The summed E-state index contributed by atoms with van der Waals surface area (Å²) in [5, 5.41) is 0.678. The lowest BCUT2D eigenvalue weighted by Gasteiger charge is -2.25. The molecule has 30 heavy (non-hydrogen) atoms. The summed E-state index contributed by atoms with van der Waals surface area (Å²) in [4.78, 5) is 27.4. The lowest BCUT2D eigenvalue weighted by Crippen LogP contribution is -2.39. The Labute approximate surface area is 171 Å². The van der Waals surface area contributed by atoms with Crippen LogP contribution in [0.4, 0.5) is 0 Å². The van der Waals surface area contributed by atoms with Crippen LogP contribution in [0.3, 0.4) is 0 Å². The molecule has 0 atom stereocenters. The molecule has 2 aliphatic heterocycles. The highest BCUT2D eigenvalue weighted by atomic mass is 16.7. The third-order valence-electron chi connectivity index (χ3n) is 5.03. The maximum Gasteiger partial charge on any atom is 0.349 e. The van der Waals surface area contributed by atoms with E-state index in [1.54, 1.807) is 30.3 Å². The van der Waals surface area contributed by atoms with Gasteiger partial charge in [-0.2, -0.15) is 0 Å². The summed E-state index contributed by atoms with van der Waals surface area (Å²) in [6, 6.07) is 14.1. The lowest BCUT2D eigenvalue weighted by molar-refractivity contribution is -0.0585. The van der Waals surface area contributed by atoms with Crippen molar-refractivity contribution >= 4 is 16.9 Å². The fourth-order valence-electron chi connectivity index (χ4n) is 3.55. The van der Waals surface area contributed by atoms with Gasteiger partial charge in [-0.25, -0.2) is 4.79 Å². The third kappa shape index (κ3) is 3.62. The second-order valence-electron chi connectivity index (χ2n) is 7.03. The molecule has 0 bridgehead atoms. The third-order valence-corrected chi connectivity index (χ3v) is 5.03. The number of fused-ring (bicyclic) bond motifs is 2. The van der Waals surface area contributed by atoms with Gasteiger partial charge < -0.3 is 28.3 Å². The average Bonchev–Trinajstić information content (AvgIpc) is 3.44. The van der Waals surface area contributed by atoms with Crippen molar-refractivity contribution in [2.45, 2.75) is 12.8 Å². The van der Waals surface area contributed by atoms with E-state index in [1.807, 2.05) is 18.2 Å². The molecule has 1 amide bonds. The molecule has 0 N–H and O–H groups in total. The van der Waals surface area contributed by atoms with Gasteiger partial charge in [0.15, 0.2) is 17.8 Å². The van der Waals surface area contributed by atoms with Gasteiger partial charge in [-0.1, -0.05) is 24.3 Å². The predicted molar refractivity (Wildman–Crippen MR) is 105 cm³/mol. The Bertz CT molecular complexity index is 1150. The van der Waals surface area contributed by atoms with E-state index in [2.05, 4.69) is 0 Å². The Kier molecular flexibility index (Phi) is 4.86. The van der Waals surface area contributed by atoms with Crippen molar-refractivity contribution < 1.29 is 28.2 Å². The first-order valence-electron chi connectivity index (χ1n) is 9.61. The molecule has 1 aromatic heterocycles. The molecule has 2 aromatic carbocycles. The van der Waals surface area contributed by atoms with Crippen LogP contribution in [0.25, 0.3) is 11.0 Å². The fraction of sp³-hybridized carbons (Fsp3) is 0.273. The van der Waals surface area contributed by atoms with Crippen molar-refractivity contribution in [2.75, 3.05) is 26.6 Å². The van der Waals surface area contributed by atoms with E-state index >= 15 is 0 Å². The number of rotatable bonds is 5. The van der Waals surface area contributed by atoms with Crippen LogP contribution in [0.2, 0.25) is 0 Å². The van der Waals surface area contributed by atoms with Crippen LogP contribution in [0.5, 0.6) is 11.5 Å². The van der Waals surface area contributed by atoms with Crippen molar-refractivity contribution in [3.63, 3.8) is 0 Å². The van der Waals surface area contributed by atoms with Gasteiger partial charge in [-0.05, 0) is 29.8 Å². The van der Waals surface area contributed by atoms with E-state index in [1.165, 1.54) is 4.90 Å². The second-order valence-corrected chi connectivity index (χ2v) is 7.03. The number of benzene rings is 2. The van der Waals surface area contributed by atoms with E-state index in [4.69, 9.17) is 23.4 Å².